The SMILES string of the molecule is N#CSC1C[Se]CC1N=C=S. The fourth-order valence-electron chi connectivity index (χ4n) is 0.892. The van der Waals surface area contributed by atoms with E-state index in [0.29, 0.717) is 20.2 Å². The molecule has 0 saturated carbocycles. The first-order valence-corrected chi connectivity index (χ1v) is 6.79. The van der Waals surface area contributed by atoms with Crippen molar-refractivity contribution in [3.05, 3.63) is 0 Å². The van der Waals surface area contributed by atoms with E-state index < -0.39 is 0 Å². The summed E-state index contributed by atoms with van der Waals surface area (Å²) in [6, 6.07) is 0.275. The third kappa shape index (κ3) is 2.59. The van der Waals surface area contributed by atoms with Gasteiger partial charge in [0.2, 0.25) is 0 Å². The molecule has 2 nitrogen and oxygen atoms in total. The van der Waals surface area contributed by atoms with Crippen molar-refractivity contribution in [1.82, 2.24) is 0 Å². The van der Waals surface area contributed by atoms with E-state index in [0.717, 1.165) is 10.6 Å². The minimum atomic E-state index is 0.275. The Morgan fingerprint density at radius 1 is 1.64 bits per heavy atom. The van der Waals surface area contributed by atoms with Crippen LogP contribution in [0.25, 0.3) is 0 Å². The molecule has 5 heteroatoms. The third-order valence-electron chi connectivity index (χ3n) is 1.42. The molecule has 1 saturated heterocycles. The Labute approximate surface area is 81.6 Å². The van der Waals surface area contributed by atoms with Crippen LogP contribution >= 0.6 is 24.0 Å². The summed E-state index contributed by atoms with van der Waals surface area (Å²) in [5, 5.41) is 15.6. The number of thiocarbonyl (C=S) groups is 1. The van der Waals surface area contributed by atoms with E-state index in [1.54, 1.807) is 0 Å². The van der Waals surface area contributed by atoms with Gasteiger partial charge in [0.1, 0.15) is 0 Å². The standard InChI is InChI=1S/C6H6N2S2Se/c7-3-10-6-2-11-1-5(6)8-4-9/h5-6H,1-2H2. The predicted molar refractivity (Wildman–Crippen MR) is 51.2 cm³/mol. The summed E-state index contributed by atoms with van der Waals surface area (Å²) in [6.45, 7) is 0. The Kier molecular flexibility index (Phi) is 4.14. The van der Waals surface area contributed by atoms with Crippen molar-refractivity contribution < 1.29 is 0 Å². The van der Waals surface area contributed by atoms with Crippen molar-refractivity contribution >= 4 is 44.1 Å². The maximum absolute atomic E-state index is 8.44. The maximum atomic E-state index is 8.44. The van der Waals surface area contributed by atoms with Crippen LogP contribution in [0.3, 0.4) is 0 Å². The Hall–Kier alpha value is 0.159. The molecule has 1 rings (SSSR count). The Balaban J connectivity index is 2.51. The van der Waals surface area contributed by atoms with Gasteiger partial charge in [-0.3, -0.25) is 0 Å². The number of isothiocyanates is 1. The second kappa shape index (κ2) is 4.92. The van der Waals surface area contributed by atoms with Gasteiger partial charge in [-0.15, -0.1) is 0 Å². The fourth-order valence-corrected chi connectivity index (χ4v) is 5.14. The molecule has 0 aromatic heterocycles. The fraction of sp³-hybridized carbons (Fsp3) is 0.667. The molecular weight excluding hydrogens is 243 g/mol. The summed E-state index contributed by atoms with van der Waals surface area (Å²) in [7, 11) is 0. The molecule has 11 heavy (non-hydrogen) atoms. The van der Waals surface area contributed by atoms with E-state index in [1.807, 2.05) is 0 Å². The molecule has 1 fully saturated rings. The van der Waals surface area contributed by atoms with Gasteiger partial charge < -0.3 is 0 Å². The van der Waals surface area contributed by atoms with Crippen LogP contribution in [0.4, 0.5) is 0 Å². The molecule has 1 heterocycles. The molecule has 0 aromatic rings. The van der Waals surface area contributed by atoms with Crippen LogP contribution in [0, 0.1) is 10.7 Å². The number of thiocyanates is 1. The summed E-state index contributed by atoms with van der Waals surface area (Å²) in [5.41, 5.74) is 0. The van der Waals surface area contributed by atoms with Crippen molar-refractivity contribution in [3.63, 3.8) is 0 Å². The molecule has 1 aliphatic heterocycles. The Morgan fingerprint density at radius 2 is 2.45 bits per heavy atom. The van der Waals surface area contributed by atoms with E-state index >= 15 is 0 Å². The van der Waals surface area contributed by atoms with E-state index in [2.05, 4.69) is 27.8 Å². The summed E-state index contributed by atoms with van der Waals surface area (Å²) in [6.07, 6.45) is 0. The molecule has 0 aliphatic carbocycles. The number of thioether (sulfide) groups is 1. The van der Waals surface area contributed by atoms with Crippen LogP contribution in [0.15, 0.2) is 4.99 Å². The van der Waals surface area contributed by atoms with Crippen molar-refractivity contribution in [2.75, 3.05) is 0 Å². The predicted octanol–water partition coefficient (Wildman–Crippen LogP) is 1.60. The van der Waals surface area contributed by atoms with Gasteiger partial charge in [0, 0.05) is 0 Å². The van der Waals surface area contributed by atoms with Gasteiger partial charge in [-0.2, -0.15) is 0 Å². The first-order chi connectivity index (χ1) is 5.38. The van der Waals surface area contributed by atoms with Crippen LogP contribution in [0.5, 0.6) is 0 Å². The first kappa shape index (κ1) is 9.25. The van der Waals surface area contributed by atoms with Gasteiger partial charge in [-0.25, -0.2) is 0 Å². The number of hydrogen-bond acceptors (Lipinski definition) is 4. The molecule has 0 bridgehead atoms. The number of nitriles is 1. The normalized spacial score (nSPS) is 29.0. The summed E-state index contributed by atoms with van der Waals surface area (Å²) in [5.74, 6) is 0. The van der Waals surface area contributed by atoms with E-state index in [9.17, 15) is 0 Å². The number of nitrogens with zero attached hydrogens (tertiary/aromatic N) is 2. The van der Waals surface area contributed by atoms with Crippen molar-refractivity contribution in [2.45, 2.75) is 21.9 Å². The van der Waals surface area contributed by atoms with Gasteiger partial charge in [0.15, 0.2) is 0 Å². The number of aliphatic imine (C=N–C) groups is 1. The van der Waals surface area contributed by atoms with Gasteiger partial charge in [-0.1, -0.05) is 0 Å². The van der Waals surface area contributed by atoms with Gasteiger partial charge in [0.05, 0.1) is 0 Å². The molecular formula is C6H6N2S2Se. The van der Waals surface area contributed by atoms with Crippen LogP contribution in [-0.2, 0) is 0 Å². The van der Waals surface area contributed by atoms with Crippen LogP contribution < -0.4 is 0 Å². The van der Waals surface area contributed by atoms with Crippen LogP contribution in [0.2, 0.25) is 10.6 Å². The molecule has 58 valence electrons. The van der Waals surface area contributed by atoms with Gasteiger partial charge in [0.25, 0.3) is 0 Å². The zero-order valence-electron chi connectivity index (χ0n) is 5.69. The van der Waals surface area contributed by atoms with Gasteiger partial charge >= 0.3 is 81.7 Å². The molecule has 2 unspecified atom stereocenters. The average Bonchev–Trinajstić information content (AvgIpc) is 2.39. The van der Waals surface area contributed by atoms with Crippen molar-refractivity contribution in [3.8, 4) is 5.40 Å². The molecule has 0 amide bonds. The van der Waals surface area contributed by atoms with E-state index in [-0.39, 0.29) is 6.04 Å². The monoisotopic (exact) mass is 250 g/mol. The molecule has 0 spiro atoms. The number of rotatable bonds is 2. The second-order valence-electron chi connectivity index (χ2n) is 2.07. The third-order valence-corrected chi connectivity index (χ3v) is 5.35. The summed E-state index contributed by atoms with van der Waals surface area (Å²) in [4.78, 5) is 4.03. The van der Waals surface area contributed by atoms with E-state index in [4.69, 9.17) is 5.26 Å². The first-order valence-electron chi connectivity index (χ1n) is 3.08. The van der Waals surface area contributed by atoms with E-state index in [1.165, 1.54) is 11.8 Å². The second-order valence-corrected chi connectivity index (χ2v) is 5.53. The summed E-state index contributed by atoms with van der Waals surface area (Å²) < 4.78 is 0. The number of hydrogen-bond donors (Lipinski definition) is 0. The Morgan fingerprint density at radius 3 is 3.09 bits per heavy atom. The molecule has 0 aromatic carbocycles. The molecule has 0 radical (unpaired) electrons. The van der Waals surface area contributed by atoms with Crippen molar-refractivity contribution in [2.24, 2.45) is 4.99 Å². The zero-order chi connectivity index (χ0) is 8.10. The zero-order valence-corrected chi connectivity index (χ0v) is 9.03. The molecule has 1 aliphatic rings. The van der Waals surface area contributed by atoms with Crippen LogP contribution in [0.1, 0.15) is 0 Å². The Bertz CT molecular complexity index is 219. The quantitative estimate of drug-likeness (QED) is 0.323. The average molecular weight is 249 g/mol. The van der Waals surface area contributed by atoms with Gasteiger partial charge in [-0.05, 0) is 0 Å². The molecule has 0 N–H and O–H groups in total. The summed E-state index contributed by atoms with van der Waals surface area (Å²) >= 11 is 6.51. The van der Waals surface area contributed by atoms with Crippen LogP contribution in [-0.4, -0.2) is 31.4 Å². The topological polar surface area (TPSA) is 36.1 Å². The minimum absolute atomic E-state index is 0.275. The molecule has 2 atom stereocenters. The van der Waals surface area contributed by atoms with Crippen molar-refractivity contribution in [1.29, 1.82) is 5.26 Å².